The van der Waals surface area contributed by atoms with Gasteiger partial charge < -0.3 is 20.5 Å². The lowest BCUT2D eigenvalue weighted by atomic mass is 10.2. The fourth-order valence-corrected chi connectivity index (χ4v) is 1.79. The highest BCUT2D eigenvalue weighted by Gasteiger charge is 2.42. The van der Waals surface area contributed by atoms with Crippen LogP contribution < -0.4 is 11.1 Å². The summed E-state index contributed by atoms with van der Waals surface area (Å²) in [6.07, 6.45) is 1.46. The zero-order chi connectivity index (χ0) is 8.60. The molecular formula is C8H14N2O2. The third-order valence-electron chi connectivity index (χ3n) is 2.41. The standard InChI is InChI=1S/C8H14N2O2/c1-10-7-5-8(4-6(7)9)11-2-3-12-8/h10H,2-5,9H2,1H3. The minimum absolute atomic E-state index is 0.428. The van der Waals surface area contributed by atoms with Crippen LogP contribution >= 0.6 is 0 Å². The largest absolute Gasteiger partial charge is 0.400 e. The Hall–Kier alpha value is -0.740. The highest BCUT2D eigenvalue weighted by atomic mass is 16.7. The number of rotatable bonds is 1. The summed E-state index contributed by atoms with van der Waals surface area (Å²) in [7, 11) is 1.87. The van der Waals surface area contributed by atoms with Crippen molar-refractivity contribution in [3.63, 3.8) is 0 Å². The van der Waals surface area contributed by atoms with Crippen LogP contribution in [0.1, 0.15) is 12.8 Å². The van der Waals surface area contributed by atoms with Gasteiger partial charge in [-0.15, -0.1) is 0 Å². The van der Waals surface area contributed by atoms with Gasteiger partial charge in [-0.25, -0.2) is 0 Å². The van der Waals surface area contributed by atoms with Crippen molar-refractivity contribution in [2.75, 3.05) is 20.3 Å². The van der Waals surface area contributed by atoms with Gasteiger partial charge in [0.25, 0.3) is 0 Å². The molecule has 3 N–H and O–H groups in total. The first-order valence-electron chi connectivity index (χ1n) is 4.19. The van der Waals surface area contributed by atoms with E-state index in [2.05, 4.69) is 5.32 Å². The number of hydrogen-bond acceptors (Lipinski definition) is 4. The van der Waals surface area contributed by atoms with Crippen LogP contribution in [-0.2, 0) is 9.47 Å². The molecule has 0 bridgehead atoms. The second-order valence-corrected chi connectivity index (χ2v) is 3.21. The van der Waals surface area contributed by atoms with Gasteiger partial charge in [-0.2, -0.15) is 0 Å². The van der Waals surface area contributed by atoms with E-state index in [1.165, 1.54) is 0 Å². The number of nitrogens with two attached hydrogens (primary N) is 1. The monoisotopic (exact) mass is 170 g/mol. The first kappa shape index (κ1) is 7.89. The van der Waals surface area contributed by atoms with Gasteiger partial charge in [-0.1, -0.05) is 0 Å². The molecule has 0 atom stereocenters. The van der Waals surface area contributed by atoms with Gasteiger partial charge in [-0.3, -0.25) is 0 Å². The van der Waals surface area contributed by atoms with Gasteiger partial charge in [0.2, 0.25) is 0 Å². The summed E-state index contributed by atoms with van der Waals surface area (Å²) in [6.45, 7) is 1.37. The molecule has 0 radical (unpaired) electrons. The van der Waals surface area contributed by atoms with Crippen molar-refractivity contribution in [3.05, 3.63) is 11.4 Å². The molecular weight excluding hydrogens is 156 g/mol. The molecule has 1 spiro atoms. The predicted octanol–water partition coefficient (Wildman–Crippen LogP) is -0.0870. The molecule has 2 aliphatic rings. The molecule has 4 heteroatoms. The summed E-state index contributed by atoms with van der Waals surface area (Å²) in [5, 5.41) is 3.06. The first-order valence-corrected chi connectivity index (χ1v) is 4.19. The molecule has 1 fully saturated rings. The van der Waals surface area contributed by atoms with Gasteiger partial charge in [-0.05, 0) is 0 Å². The van der Waals surface area contributed by atoms with Crippen LogP contribution in [0.3, 0.4) is 0 Å². The van der Waals surface area contributed by atoms with Crippen LogP contribution in [-0.4, -0.2) is 26.0 Å². The summed E-state index contributed by atoms with van der Waals surface area (Å²) in [6, 6.07) is 0. The molecule has 12 heavy (non-hydrogen) atoms. The Morgan fingerprint density at radius 3 is 2.50 bits per heavy atom. The van der Waals surface area contributed by atoms with Crippen molar-refractivity contribution in [2.45, 2.75) is 18.6 Å². The molecule has 1 heterocycles. The lowest BCUT2D eigenvalue weighted by molar-refractivity contribution is -0.148. The van der Waals surface area contributed by atoms with E-state index in [-0.39, 0.29) is 0 Å². The average molecular weight is 170 g/mol. The van der Waals surface area contributed by atoms with Crippen molar-refractivity contribution in [1.29, 1.82) is 0 Å². The second kappa shape index (κ2) is 2.64. The van der Waals surface area contributed by atoms with E-state index in [4.69, 9.17) is 15.2 Å². The number of nitrogens with one attached hydrogen (secondary N) is 1. The SMILES string of the molecule is CNC1=C(N)CC2(C1)OCCO2. The average Bonchev–Trinajstić information content (AvgIpc) is 2.60. The highest BCUT2D eigenvalue weighted by molar-refractivity contribution is 5.20. The van der Waals surface area contributed by atoms with Gasteiger partial charge in [0.05, 0.1) is 13.2 Å². The smallest absolute Gasteiger partial charge is 0.179 e. The molecule has 0 aromatic heterocycles. The van der Waals surface area contributed by atoms with Gasteiger partial charge in [0.1, 0.15) is 0 Å². The topological polar surface area (TPSA) is 56.5 Å². The van der Waals surface area contributed by atoms with E-state index in [0.29, 0.717) is 19.6 Å². The van der Waals surface area contributed by atoms with Crippen LogP contribution in [0.25, 0.3) is 0 Å². The second-order valence-electron chi connectivity index (χ2n) is 3.21. The zero-order valence-electron chi connectivity index (χ0n) is 7.22. The molecule has 4 nitrogen and oxygen atoms in total. The fraction of sp³-hybridized carbons (Fsp3) is 0.750. The number of hydrogen-bond donors (Lipinski definition) is 2. The molecule has 0 unspecified atom stereocenters. The summed E-state index contributed by atoms with van der Waals surface area (Å²) >= 11 is 0. The Kier molecular flexibility index (Phi) is 1.73. The lowest BCUT2D eigenvalue weighted by Crippen LogP contribution is -2.28. The van der Waals surface area contributed by atoms with E-state index in [9.17, 15) is 0 Å². The zero-order valence-corrected chi connectivity index (χ0v) is 7.22. The van der Waals surface area contributed by atoms with Crippen LogP contribution in [0.5, 0.6) is 0 Å². The maximum absolute atomic E-state index is 5.80. The molecule has 0 amide bonds. The number of ether oxygens (including phenoxy) is 2. The maximum Gasteiger partial charge on any atom is 0.179 e. The van der Waals surface area contributed by atoms with Crippen molar-refractivity contribution in [2.24, 2.45) is 5.73 Å². The van der Waals surface area contributed by atoms with Crippen molar-refractivity contribution < 1.29 is 9.47 Å². The molecule has 1 aliphatic carbocycles. The Morgan fingerprint density at radius 1 is 1.33 bits per heavy atom. The van der Waals surface area contributed by atoms with Crippen molar-refractivity contribution >= 4 is 0 Å². The van der Waals surface area contributed by atoms with E-state index in [0.717, 1.165) is 17.8 Å². The third kappa shape index (κ3) is 1.07. The van der Waals surface area contributed by atoms with Crippen LogP contribution in [0, 0.1) is 0 Å². The third-order valence-corrected chi connectivity index (χ3v) is 2.41. The van der Waals surface area contributed by atoms with Crippen molar-refractivity contribution in [3.8, 4) is 0 Å². The van der Waals surface area contributed by atoms with Crippen LogP contribution in [0.15, 0.2) is 11.4 Å². The van der Waals surface area contributed by atoms with Crippen LogP contribution in [0.4, 0.5) is 0 Å². The van der Waals surface area contributed by atoms with E-state index < -0.39 is 5.79 Å². The van der Waals surface area contributed by atoms with Crippen molar-refractivity contribution in [1.82, 2.24) is 5.32 Å². The molecule has 2 rings (SSSR count). The fourth-order valence-electron chi connectivity index (χ4n) is 1.79. The maximum atomic E-state index is 5.80. The summed E-state index contributed by atoms with van der Waals surface area (Å²) < 4.78 is 11.0. The van der Waals surface area contributed by atoms with Gasteiger partial charge in [0.15, 0.2) is 5.79 Å². The van der Waals surface area contributed by atoms with E-state index in [1.54, 1.807) is 0 Å². The van der Waals surface area contributed by atoms with Gasteiger partial charge >= 0.3 is 0 Å². The minimum atomic E-state index is -0.428. The van der Waals surface area contributed by atoms with E-state index in [1.807, 2.05) is 7.05 Å². The van der Waals surface area contributed by atoms with E-state index >= 15 is 0 Å². The molecule has 0 saturated carbocycles. The molecule has 1 aliphatic heterocycles. The molecule has 0 aromatic carbocycles. The predicted molar refractivity (Wildman–Crippen MR) is 44.1 cm³/mol. The highest BCUT2D eigenvalue weighted by Crippen LogP contribution is 2.37. The first-order chi connectivity index (χ1) is 5.76. The molecule has 0 aromatic rings. The molecule has 68 valence electrons. The summed E-state index contributed by atoms with van der Waals surface area (Å²) in [5.41, 5.74) is 7.71. The summed E-state index contributed by atoms with van der Waals surface area (Å²) in [4.78, 5) is 0. The van der Waals surface area contributed by atoms with Crippen LogP contribution in [0.2, 0.25) is 0 Å². The van der Waals surface area contributed by atoms with Gasteiger partial charge in [0, 0.05) is 31.3 Å². The minimum Gasteiger partial charge on any atom is -0.400 e. The Morgan fingerprint density at radius 2 is 2.00 bits per heavy atom. The lowest BCUT2D eigenvalue weighted by Gasteiger charge is -2.21. The quantitative estimate of drug-likeness (QED) is 0.577. The molecule has 1 saturated heterocycles. The normalized spacial score (nSPS) is 27.1. The Balaban J connectivity index is 2.10. The Labute approximate surface area is 71.7 Å². The Bertz CT molecular complexity index is 219. The summed E-state index contributed by atoms with van der Waals surface area (Å²) in [5.74, 6) is -0.428.